The third-order valence-electron chi connectivity index (χ3n) is 2.62. The van der Waals surface area contributed by atoms with Gasteiger partial charge in [-0.05, 0) is 54.4 Å². The van der Waals surface area contributed by atoms with E-state index in [9.17, 15) is 9.59 Å². The highest BCUT2D eigenvalue weighted by molar-refractivity contribution is 9.10. The molecule has 1 aromatic rings. The minimum atomic E-state index is -0.608. The van der Waals surface area contributed by atoms with Gasteiger partial charge in [-0.1, -0.05) is 6.07 Å². The monoisotopic (exact) mass is 312 g/mol. The number of hydrogen-bond donors (Lipinski definition) is 1. The van der Waals surface area contributed by atoms with Crippen molar-refractivity contribution >= 4 is 33.4 Å². The van der Waals surface area contributed by atoms with Crippen LogP contribution in [-0.2, 0) is 9.59 Å². The molecule has 0 fully saturated rings. The van der Waals surface area contributed by atoms with Crippen molar-refractivity contribution in [3.8, 4) is 0 Å². The number of aryl methyl sites for hydroxylation is 1. The Balaban J connectivity index is 2.78. The Morgan fingerprint density at radius 3 is 2.39 bits per heavy atom. The number of carbonyl (C=O) groups excluding carboxylic acids is 2. The molecule has 0 radical (unpaired) electrons. The number of rotatable bonds is 3. The van der Waals surface area contributed by atoms with Crippen LogP contribution in [0.3, 0.4) is 0 Å². The number of halogens is 1. The molecule has 1 rings (SSSR count). The maximum absolute atomic E-state index is 11.8. The van der Waals surface area contributed by atoms with E-state index in [0.717, 1.165) is 10.0 Å². The molecule has 0 spiro atoms. The fraction of sp³-hybridized carbons (Fsp3) is 0.385. The van der Waals surface area contributed by atoms with E-state index in [1.165, 1.54) is 4.90 Å². The SMILES string of the molecule is CCN(CC)C(=O)C(=O)Nc1ccc(C)cc1Br. The van der Waals surface area contributed by atoms with Crippen molar-refractivity contribution in [2.75, 3.05) is 18.4 Å². The van der Waals surface area contributed by atoms with Crippen molar-refractivity contribution in [2.45, 2.75) is 20.8 Å². The van der Waals surface area contributed by atoms with Crippen LogP contribution < -0.4 is 5.32 Å². The van der Waals surface area contributed by atoms with Gasteiger partial charge in [0, 0.05) is 17.6 Å². The quantitative estimate of drug-likeness (QED) is 0.872. The first-order valence-electron chi connectivity index (χ1n) is 5.86. The van der Waals surface area contributed by atoms with E-state index in [2.05, 4.69) is 21.2 Å². The van der Waals surface area contributed by atoms with Gasteiger partial charge in [0.2, 0.25) is 0 Å². The van der Waals surface area contributed by atoms with Crippen molar-refractivity contribution in [3.63, 3.8) is 0 Å². The summed E-state index contributed by atoms with van der Waals surface area (Å²) in [5.74, 6) is -1.12. The summed E-state index contributed by atoms with van der Waals surface area (Å²) in [5, 5.41) is 2.61. The molecule has 0 saturated carbocycles. The van der Waals surface area contributed by atoms with E-state index in [1.54, 1.807) is 6.07 Å². The molecule has 0 bridgehead atoms. The zero-order valence-electron chi connectivity index (χ0n) is 10.8. The summed E-state index contributed by atoms with van der Waals surface area (Å²) < 4.78 is 0.767. The van der Waals surface area contributed by atoms with Crippen LogP contribution in [0.1, 0.15) is 19.4 Å². The number of hydrogen-bond acceptors (Lipinski definition) is 2. The molecular formula is C13H17BrN2O2. The number of nitrogens with zero attached hydrogens (tertiary/aromatic N) is 1. The van der Waals surface area contributed by atoms with Gasteiger partial charge < -0.3 is 10.2 Å². The minimum Gasteiger partial charge on any atom is -0.335 e. The van der Waals surface area contributed by atoms with Crippen molar-refractivity contribution in [1.82, 2.24) is 4.90 Å². The maximum Gasteiger partial charge on any atom is 0.313 e. The van der Waals surface area contributed by atoms with Gasteiger partial charge in [-0.15, -0.1) is 0 Å². The summed E-state index contributed by atoms with van der Waals surface area (Å²) in [6.45, 7) is 6.69. The predicted molar refractivity (Wildman–Crippen MR) is 75.4 cm³/mol. The number of anilines is 1. The summed E-state index contributed by atoms with van der Waals surface area (Å²) >= 11 is 3.36. The average Bonchev–Trinajstić information content (AvgIpc) is 2.34. The second kappa shape index (κ2) is 6.54. The first-order chi connectivity index (χ1) is 8.49. The first kappa shape index (κ1) is 14.7. The van der Waals surface area contributed by atoms with E-state index in [-0.39, 0.29) is 0 Å². The molecule has 0 saturated heterocycles. The molecular weight excluding hydrogens is 296 g/mol. The van der Waals surface area contributed by atoms with Crippen LogP contribution in [0.5, 0.6) is 0 Å². The lowest BCUT2D eigenvalue weighted by atomic mass is 10.2. The number of nitrogens with one attached hydrogen (secondary N) is 1. The lowest BCUT2D eigenvalue weighted by Gasteiger charge is -2.18. The highest BCUT2D eigenvalue weighted by atomic mass is 79.9. The highest BCUT2D eigenvalue weighted by Crippen LogP contribution is 2.23. The van der Waals surface area contributed by atoms with Crippen molar-refractivity contribution < 1.29 is 9.59 Å². The predicted octanol–water partition coefficient (Wildman–Crippen LogP) is 2.56. The van der Waals surface area contributed by atoms with Crippen molar-refractivity contribution in [3.05, 3.63) is 28.2 Å². The second-order valence-corrected chi connectivity index (χ2v) is 4.77. The Morgan fingerprint density at radius 1 is 1.28 bits per heavy atom. The minimum absolute atomic E-state index is 0.507. The van der Waals surface area contributed by atoms with Crippen LogP contribution >= 0.6 is 15.9 Å². The molecule has 0 atom stereocenters. The largest absolute Gasteiger partial charge is 0.335 e. The summed E-state index contributed by atoms with van der Waals surface area (Å²) in [5.41, 5.74) is 1.68. The van der Waals surface area contributed by atoms with E-state index in [0.29, 0.717) is 18.8 Å². The molecule has 0 aliphatic heterocycles. The molecule has 2 amide bonds. The third kappa shape index (κ3) is 3.57. The fourth-order valence-electron chi connectivity index (χ4n) is 1.55. The van der Waals surface area contributed by atoms with Gasteiger partial charge in [0.15, 0.2) is 0 Å². The van der Waals surface area contributed by atoms with Gasteiger partial charge in [0.05, 0.1) is 5.69 Å². The highest BCUT2D eigenvalue weighted by Gasteiger charge is 2.19. The molecule has 5 heteroatoms. The maximum atomic E-state index is 11.8. The van der Waals surface area contributed by atoms with Gasteiger partial charge in [0.25, 0.3) is 0 Å². The summed E-state index contributed by atoms with van der Waals surface area (Å²) in [6.07, 6.45) is 0. The molecule has 0 unspecified atom stereocenters. The number of amides is 2. The fourth-order valence-corrected chi connectivity index (χ4v) is 2.14. The van der Waals surface area contributed by atoms with Crippen LogP contribution in [0.2, 0.25) is 0 Å². The van der Waals surface area contributed by atoms with Crippen LogP contribution in [0, 0.1) is 6.92 Å². The van der Waals surface area contributed by atoms with Gasteiger partial charge in [-0.2, -0.15) is 0 Å². The van der Waals surface area contributed by atoms with Crippen LogP contribution in [0.4, 0.5) is 5.69 Å². The zero-order chi connectivity index (χ0) is 13.7. The topological polar surface area (TPSA) is 49.4 Å². The molecule has 98 valence electrons. The van der Waals surface area contributed by atoms with Gasteiger partial charge in [0.1, 0.15) is 0 Å². The van der Waals surface area contributed by atoms with Gasteiger partial charge in [-0.3, -0.25) is 9.59 Å². The standard InChI is InChI=1S/C13H17BrN2O2/c1-4-16(5-2)13(18)12(17)15-11-7-6-9(3)8-10(11)14/h6-8H,4-5H2,1-3H3,(H,15,17). The smallest absolute Gasteiger partial charge is 0.313 e. The molecule has 4 nitrogen and oxygen atoms in total. The Bertz CT molecular complexity index is 456. The van der Waals surface area contributed by atoms with Crippen LogP contribution in [-0.4, -0.2) is 29.8 Å². The van der Waals surface area contributed by atoms with Crippen LogP contribution in [0.25, 0.3) is 0 Å². The molecule has 1 aromatic carbocycles. The first-order valence-corrected chi connectivity index (χ1v) is 6.65. The lowest BCUT2D eigenvalue weighted by Crippen LogP contribution is -2.39. The number of likely N-dealkylation sites (N-methyl/N-ethyl adjacent to an activating group) is 1. The van der Waals surface area contributed by atoms with Crippen molar-refractivity contribution in [2.24, 2.45) is 0 Å². The Labute approximate surface area is 115 Å². The molecule has 0 aliphatic rings. The van der Waals surface area contributed by atoms with E-state index < -0.39 is 11.8 Å². The second-order valence-electron chi connectivity index (χ2n) is 3.91. The summed E-state index contributed by atoms with van der Waals surface area (Å²) in [4.78, 5) is 25.1. The Kier molecular flexibility index (Phi) is 5.34. The Hall–Kier alpha value is -1.36. The molecule has 0 heterocycles. The Morgan fingerprint density at radius 2 is 1.89 bits per heavy atom. The average molecular weight is 313 g/mol. The van der Waals surface area contributed by atoms with Gasteiger partial charge in [-0.25, -0.2) is 0 Å². The molecule has 0 aromatic heterocycles. The zero-order valence-corrected chi connectivity index (χ0v) is 12.4. The van der Waals surface area contributed by atoms with Crippen molar-refractivity contribution in [1.29, 1.82) is 0 Å². The summed E-state index contributed by atoms with van der Waals surface area (Å²) in [7, 11) is 0. The number of carbonyl (C=O) groups is 2. The van der Waals surface area contributed by atoms with Gasteiger partial charge >= 0.3 is 11.8 Å². The third-order valence-corrected chi connectivity index (χ3v) is 3.27. The molecule has 0 aliphatic carbocycles. The summed E-state index contributed by atoms with van der Waals surface area (Å²) in [6, 6.07) is 5.53. The van der Waals surface area contributed by atoms with E-state index in [1.807, 2.05) is 32.9 Å². The van der Waals surface area contributed by atoms with Crippen LogP contribution in [0.15, 0.2) is 22.7 Å². The number of benzene rings is 1. The molecule has 18 heavy (non-hydrogen) atoms. The lowest BCUT2D eigenvalue weighted by molar-refractivity contribution is -0.142. The normalized spacial score (nSPS) is 10.0. The molecule has 1 N–H and O–H groups in total. The van der Waals surface area contributed by atoms with E-state index >= 15 is 0 Å². The van der Waals surface area contributed by atoms with E-state index in [4.69, 9.17) is 0 Å².